The molecule has 0 spiro atoms. The van der Waals surface area contributed by atoms with Crippen molar-refractivity contribution in [3.63, 3.8) is 0 Å². The van der Waals surface area contributed by atoms with E-state index in [1.54, 1.807) is 11.3 Å². The van der Waals surface area contributed by atoms with E-state index < -0.39 is 0 Å². The number of hydrogen-bond donors (Lipinski definition) is 1. The molecule has 1 saturated carbocycles. The molecule has 0 saturated heterocycles. The lowest BCUT2D eigenvalue weighted by molar-refractivity contribution is 0.0941. The van der Waals surface area contributed by atoms with Gasteiger partial charge in [0.15, 0.2) is 0 Å². The highest BCUT2D eigenvalue weighted by Gasteiger charge is 2.28. The Morgan fingerprint density at radius 1 is 1.47 bits per heavy atom. The predicted molar refractivity (Wildman–Crippen MR) is 81.0 cm³/mol. The van der Waals surface area contributed by atoms with Gasteiger partial charge in [0.05, 0.1) is 4.88 Å². The number of thiophene rings is 1. The van der Waals surface area contributed by atoms with Crippen LogP contribution in [0.4, 0.5) is 0 Å². The lowest BCUT2D eigenvalue weighted by atomic mass is 10.1. The van der Waals surface area contributed by atoms with Gasteiger partial charge in [-0.1, -0.05) is 13.8 Å². The summed E-state index contributed by atoms with van der Waals surface area (Å²) in [6, 6.07) is 2.51. The fourth-order valence-corrected chi connectivity index (χ4v) is 3.42. The van der Waals surface area contributed by atoms with Crippen LogP contribution >= 0.6 is 11.3 Å². The van der Waals surface area contributed by atoms with Gasteiger partial charge in [0.25, 0.3) is 5.91 Å². The van der Waals surface area contributed by atoms with E-state index >= 15 is 0 Å². The molecule has 1 aliphatic carbocycles. The quantitative estimate of drug-likeness (QED) is 0.832. The fourth-order valence-electron chi connectivity index (χ4n) is 2.52. The second kappa shape index (κ2) is 6.53. The van der Waals surface area contributed by atoms with Crippen LogP contribution in [-0.2, 0) is 0 Å². The van der Waals surface area contributed by atoms with Gasteiger partial charge in [-0.05, 0) is 55.8 Å². The summed E-state index contributed by atoms with van der Waals surface area (Å²) in [4.78, 5) is 15.5. The van der Waals surface area contributed by atoms with Crippen molar-refractivity contribution in [2.24, 2.45) is 0 Å². The highest BCUT2D eigenvalue weighted by Crippen LogP contribution is 2.43. The molecule has 0 aliphatic heterocycles. The summed E-state index contributed by atoms with van der Waals surface area (Å²) in [5.41, 5.74) is 1.26. The van der Waals surface area contributed by atoms with Gasteiger partial charge in [0.2, 0.25) is 0 Å². The Bertz CT molecular complexity index is 422. The van der Waals surface area contributed by atoms with Crippen molar-refractivity contribution < 1.29 is 4.79 Å². The number of carbonyl (C=O) groups is 1. The topological polar surface area (TPSA) is 32.3 Å². The van der Waals surface area contributed by atoms with Crippen molar-refractivity contribution in [1.29, 1.82) is 0 Å². The van der Waals surface area contributed by atoms with E-state index in [0.29, 0.717) is 12.0 Å². The number of hydrogen-bond acceptors (Lipinski definition) is 3. The predicted octanol–water partition coefficient (Wildman–Crippen LogP) is 3.09. The monoisotopic (exact) mass is 280 g/mol. The third-order valence-electron chi connectivity index (χ3n) is 3.91. The first kappa shape index (κ1) is 14.5. The average Bonchev–Trinajstić information content (AvgIpc) is 3.14. The van der Waals surface area contributed by atoms with Gasteiger partial charge < -0.3 is 5.32 Å². The van der Waals surface area contributed by atoms with E-state index in [9.17, 15) is 4.79 Å². The van der Waals surface area contributed by atoms with Gasteiger partial charge in [-0.3, -0.25) is 9.69 Å². The Morgan fingerprint density at radius 3 is 2.74 bits per heavy atom. The molecule has 3 nitrogen and oxygen atoms in total. The summed E-state index contributed by atoms with van der Waals surface area (Å²) in [5, 5.41) is 5.12. The van der Waals surface area contributed by atoms with Crippen molar-refractivity contribution in [3.05, 3.63) is 21.9 Å². The van der Waals surface area contributed by atoms with Crippen LogP contribution < -0.4 is 5.32 Å². The molecule has 1 amide bonds. The smallest absolute Gasteiger partial charge is 0.261 e. The van der Waals surface area contributed by atoms with Gasteiger partial charge in [0.1, 0.15) is 0 Å². The largest absolute Gasteiger partial charge is 0.350 e. The molecule has 1 fully saturated rings. The molecule has 0 aromatic carbocycles. The molecule has 1 aromatic heterocycles. The second-order valence-electron chi connectivity index (χ2n) is 5.26. The molecule has 1 atom stereocenters. The van der Waals surface area contributed by atoms with Crippen molar-refractivity contribution in [2.45, 2.75) is 45.6 Å². The number of nitrogens with one attached hydrogen (secondary N) is 1. The van der Waals surface area contributed by atoms with Crippen molar-refractivity contribution in [2.75, 3.05) is 19.6 Å². The Kier molecular flexibility index (Phi) is 4.99. The minimum atomic E-state index is 0.107. The van der Waals surface area contributed by atoms with Crippen LogP contribution in [-0.4, -0.2) is 36.5 Å². The third kappa shape index (κ3) is 3.57. The van der Waals surface area contributed by atoms with E-state index in [-0.39, 0.29) is 5.91 Å². The Hall–Kier alpha value is -0.870. The lowest BCUT2D eigenvalue weighted by Crippen LogP contribution is -2.41. The maximum Gasteiger partial charge on any atom is 0.261 e. The molecular weight excluding hydrogens is 256 g/mol. The third-order valence-corrected chi connectivity index (χ3v) is 4.84. The highest BCUT2D eigenvalue weighted by atomic mass is 32.1. The number of amides is 1. The SMILES string of the molecule is CCN(CC)[C@@H](C)CNC(=O)c1sccc1C1CC1. The van der Waals surface area contributed by atoms with E-state index in [2.05, 4.69) is 37.1 Å². The van der Waals surface area contributed by atoms with Gasteiger partial charge in [-0.2, -0.15) is 0 Å². The normalized spacial score (nSPS) is 16.6. The average molecular weight is 280 g/mol. The van der Waals surface area contributed by atoms with Crippen LogP contribution in [0.5, 0.6) is 0 Å². The molecule has 106 valence electrons. The first-order valence-electron chi connectivity index (χ1n) is 7.27. The Morgan fingerprint density at radius 2 is 2.16 bits per heavy atom. The number of carbonyl (C=O) groups excluding carboxylic acids is 1. The molecule has 1 aromatic rings. The van der Waals surface area contributed by atoms with Crippen LogP contribution in [0.2, 0.25) is 0 Å². The van der Waals surface area contributed by atoms with Crippen LogP contribution in [0.15, 0.2) is 11.4 Å². The number of likely N-dealkylation sites (N-methyl/N-ethyl adjacent to an activating group) is 1. The molecule has 19 heavy (non-hydrogen) atoms. The summed E-state index contributed by atoms with van der Waals surface area (Å²) in [7, 11) is 0. The van der Waals surface area contributed by atoms with Gasteiger partial charge in [-0.25, -0.2) is 0 Å². The molecule has 0 bridgehead atoms. The van der Waals surface area contributed by atoms with E-state index in [0.717, 1.165) is 24.5 Å². The maximum atomic E-state index is 12.2. The van der Waals surface area contributed by atoms with Crippen LogP contribution in [0.3, 0.4) is 0 Å². The van der Waals surface area contributed by atoms with Gasteiger partial charge in [-0.15, -0.1) is 11.3 Å². The zero-order valence-electron chi connectivity index (χ0n) is 12.1. The number of rotatable bonds is 7. The summed E-state index contributed by atoms with van der Waals surface area (Å²) in [6.45, 7) is 9.27. The first-order valence-corrected chi connectivity index (χ1v) is 8.14. The van der Waals surface area contributed by atoms with E-state index in [1.165, 1.54) is 18.4 Å². The van der Waals surface area contributed by atoms with E-state index in [1.807, 2.05) is 5.38 Å². The summed E-state index contributed by atoms with van der Waals surface area (Å²) in [6.07, 6.45) is 2.49. The molecule has 1 heterocycles. The van der Waals surface area contributed by atoms with Crippen molar-refractivity contribution in [1.82, 2.24) is 10.2 Å². The fraction of sp³-hybridized carbons (Fsp3) is 0.667. The van der Waals surface area contributed by atoms with Crippen LogP contribution in [0.1, 0.15) is 54.8 Å². The Balaban J connectivity index is 1.88. The zero-order valence-corrected chi connectivity index (χ0v) is 12.9. The first-order chi connectivity index (χ1) is 9.17. The standard InChI is InChI=1S/C15H24N2OS/c1-4-17(5-2)11(3)10-16-15(18)14-13(8-9-19-14)12-6-7-12/h8-9,11-12H,4-7,10H2,1-3H3,(H,16,18)/t11-/m0/s1. The highest BCUT2D eigenvalue weighted by molar-refractivity contribution is 7.12. The maximum absolute atomic E-state index is 12.2. The van der Waals surface area contributed by atoms with E-state index in [4.69, 9.17) is 0 Å². The zero-order chi connectivity index (χ0) is 13.8. The summed E-state index contributed by atoms with van der Waals surface area (Å²) in [5.74, 6) is 0.753. The van der Waals surface area contributed by atoms with Gasteiger partial charge in [0, 0.05) is 12.6 Å². The molecule has 2 rings (SSSR count). The second-order valence-corrected chi connectivity index (χ2v) is 6.18. The summed E-state index contributed by atoms with van der Waals surface area (Å²) >= 11 is 1.57. The molecule has 0 unspecified atom stereocenters. The van der Waals surface area contributed by atoms with Gasteiger partial charge >= 0.3 is 0 Å². The van der Waals surface area contributed by atoms with Crippen LogP contribution in [0, 0.1) is 0 Å². The lowest BCUT2D eigenvalue weighted by Gasteiger charge is -2.26. The van der Waals surface area contributed by atoms with Crippen LogP contribution in [0.25, 0.3) is 0 Å². The van der Waals surface area contributed by atoms with Crippen molar-refractivity contribution >= 4 is 17.2 Å². The van der Waals surface area contributed by atoms with Crippen molar-refractivity contribution in [3.8, 4) is 0 Å². The molecule has 1 aliphatic rings. The molecule has 4 heteroatoms. The molecule has 0 radical (unpaired) electrons. The number of nitrogens with zero attached hydrogens (tertiary/aromatic N) is 1. The minimum absolute atomic E-state index is 0.107. The minimum Gasteiger partial charge on any atom is -0.350 e. The Labute approximate surface area is 120 Å². The molecular formula is C15H24N2OS. The molecule has 1 N–H and O–H groups in total. The summed E-state index contributed by atoms with van der Waals surface area (Å²) < 4.78 is 0.